The first-order valence-electron chi connectivity index (χ1n) is 4.38. The lowest BCUT2D eigenvalue weighted by atomic mass is 9.66. The quantitative estimate of drug-likeness (QED) is 0.571. The maximum Gasteiger partial charge on any atom is 0.157 e. The molecule has 0 amide bonds. The molecule has 0 aliphatic rings. The SMILES string of the molecule is CCCBc1ccc(C)cc1. The summed E-state index contributed by atoms with van der Waals surface area (Å²) in [5.74, 6) is 0. The summed E-state index contributed by atoms with van der Waals surface area (Å²) in [6, 6.07) is 8.83. The van der Waals surface area contributed by atoms with Gasteiger partial charge in [-0.3, -0.25) is 0 Å². The van der Waals surface area contributed by atoms with E-state index in [1.807, 2.05) is 0 Å². The van der Waals surface area contributed by atoms with Gasteiger partial charge in [0.05, 0.1) is 0 Å². The summed E-state index contributed by atoms with van der Waals surface area (Å²) in [5, 5.41) is 0. The predicted molar refractivity (Wildman–Crippen MR) is 53.1 cm³/mol. The van der Waals surface area contributed by atoms with Crippen molar-refractivity contribution >= 4 is 12.7 Å². The Kier molecular flexibility index (Phi) is 3.22. The highest BCUT2D eigenvalue weighted by molar-refractivity contribution is 6.53. The highest BCUT2D eigenvalue weighted by atomic mass is 13.8. The molecule has 0 aliphatic heterocycles. The van der Waals surface area contributed by atoms with Crippen LogP contribution < -0.4 is 5.46 Å². The molecule has 0 saturated carbocycles. The van der Waals surface area contributed by atoms with E-state index in [1.54, 1.807) is 0 Å². The third-order valence-electron chi connectivity index (χ3n) is 1.94. The van der Waals surface area contributed by atoms with E-state index in [0.29, 0.717) is 0 Å². The maximum atomic E-state index is 2.23. The van der Waals surface area contributed by atoms with Crippen molar-refractivity contribution in [2.75, 3.05) is 0 Å². The van der Waals surface area contributed by atoms with Gasteiger partial charge in [-0.2, -0.15) is 0 Å². The van der Waals surface area contributed by atoms with E-state index >= 15 is 0 Å². The molecule has 1 heteroatoms. The van der Waals surface area contributed by atoms with E-state index < -0.39 is 0 Å². The minimum Gasteiger partial charge on any atom is -0.0845 e. The van der Waals surface area contributed by atoms with E-state index in [-0.39, 0.29) is 0 Å². The minimum absolute atomic E-state index is 1.23. The summed E-state index contributed by atoms with van der Waals surface area (Å²) in [6.07, 6.45) is 2.59. The summed E-state index contributed by atoms with van der Waals surface area (Å²) in [4.78, 5) is 0. The first kappa shape index (κ1) is 8.38. The highest BCUT2D eigenvalue weighted by Crippen LogP contribution is 1.93. The molecule has 0 nitrogen and oxygen atoms in total. The Hall–Kier alpha value is -0.715. The molecule has 0 aromatic heterocycles. The number of hydrogen-bond acceptors (Lipinski definition) is 0. The monoisotopic (exact) mass is 146 g/mol. The van der Waals surface area contributed by atoms with Crippen molar-refractivity contribution in [3.05, 3.63) is 29.8 Å². The van der Waals surface area contributed by atoms with Crippen molar-refractivity contribution in [2.45, 2.75) is 26.6 Å². The molecule has 58 valence electrons. The summed E-state index contributed by atoms with van der Waals surface area (Å²) < 4.78 is 0. The van der Waals surface area contributed by atoms with Crippen LogP contribution in [0.15, 0.2) is 24.3 Å². The fraction of sp³-hybridized carbons (Fsp3) is 0.400. The summed E-state index contributed by atoms with van der Waals surface area (Å²) in [7, 11) is 1.23. The first-order chi connectivity index (χ1) is 5.33. The average Bonchev–Trinajstić information content (AvgIpc) is 2.04. The zero-order valence-electron chi connectivity index (χ0n) is 7.43. The van der Waals surface area contributed by atoms with E-state index in [9.17, 15) is 0 Å². The molecule has 0 spiro atoms. The molecule has 0 atom stereocenters. The van der Waals surface area contributed by atoms with Crippen molar-refractivity contribution in [1.82, 2.24) is 0 Å². The predicted octanol–water partition coefficient (Wildman–Crippen LogP) is 1.89. The standard InChI is InChI=1S/C10H15B/c1-3-8-11-10-6-4-9(2)5-7-10/h4-7,11H,3,8H2,1-2H3. The second-order valence-electron chi connectivity index (χ2n) is 3.09. The van der Waals surface area contributed by atoms with Crippen LogP contribution in [0.1, 0.15) is 18.9 Å². The van der Waals surface area contributed by atoms with Crippen LogP contribution in [0.25, 0.3) is 0 Å². The molecular weight excluding hydrogens is 131 g/mol. The summed E-state index contributed by atoms with van der Waals surface area (Å²) >= 11 is 0. The Bertz CT molecular complexity index is 201. The number of aryl methyl sites for hydroxylation is 1. The largest absolute Gasteiger partial charge is 0.157 e. The highest BCUT2D eigenvalue weighted by Gasteiger charge is 1.92. The normalized spacial score (nSPS) is 9.64. The van der Waals surface area contributed by atoms with Gasteiger partial charge in [-0.15, -0.1) is 0 Å². The lowest BCUT2D eigenvalue weighted by Crippen LogP contribution is -2.12. The lowest BCUT2D eigenvalue weighted by molar-refractivity contribution is 1.08. The van der Waals surface area contributed by atoms with E-state index in [1.165, 1.54) is 31.0 Å². The van der Waals surface area contributed by atoms with Crippen molar-refractivity contribution < 1.29 is 0 Å². The zero-order valence-corrected chi connectivity index (χ0v) is 7.43. The molecule has 1 rings (SSSR count). The molecule has 0 fully saturated rings. The molecule has 1 aromatic carbocycles. The molecule has 1 aromatic rings. The molecule has 11 heavy (non-hydrogen) atoms. The van der Waals surface area contributed by atoms with Crippen LogP contribution in [-0.2, 0) is 0 Å². The van der Waals surface area contributed by atoms with Gasteiger partial charge in [-0.05, 0) is 6.92 Å². The van der Waals surface area contributed by atoms with Gasteiger partial charge in [0, 0.05) is 0 Å². The topological polar surface area (TPSA) is 0 Å². The number of rotatable bonds is 3. The lowest BCUT2D eigenvalue weighted by Gasteiger charge is -1.97. The van der Waals surface area contributed by atoms with Crippen molar-refractivity contribution in [3.63, 3.8) is 0 Å². The van der Waals surface area contributed by atoms with Crippen LogP contribution in [0.2, 0.25) is 6.32 Å². The molecule has 0 N–H and O–H groups in total. The van der Waals surface area contributed by atoms with Gasteiger partial charge in [-0.25, -0.2) is 0 Å². The second-order valence-corrected chi connectivity index (χ2v) is 3.09. The van der Waals surface area contributed by atoms with E-state index in [0.717, 1.165) is 0 Å². The number of hydrogen-bond donors (Lipinski definition) is 0. The fourth-order valence-electron chi connectivity index (χ4n) is 1.14. The third kappa shape index (κ3) is 2.79. The fourth-order valence-corrected chi connectivity index (χ4v) is 1.14. The van der Waals surface area contributed by atoms with Crippen molar-refractivity contribution in [3.8, 4) is 0 Å². The molecule has 0 bridgehead atoms. The summed E-state index contributed by atoms with van der Waals surface area (Å²) in [6.45, 7) is 4.36. The van der Waals surface area contributed by atoms with Crippen LogP contribution in [0.4, 0.5) is 0 Å². The zero-order chi connectivity index (χ0) is 8.10. The Labute approximate surface area is 69.9 Å². The van der Waals surface area contributed by atoms with Gasteiger partial charge in [-0.1, -0.05) is 55.0 Å². The van der Waals surface area contributed by atoms with Gasteiger partial charge in [0.25, 0.3) is 0 Å². The maximum absolute atomic E-state index is 2.23. The van der Waals surface area contributed by atoms with Crippen LogP contribution in [0.3, 0.4) is 0 Å². The minimum atomic E-state index is 1.23. The molecule has 0 aliphatic carbocycles. The molecule has 0 heterocycles. The number of benzene rings is 1. The molecular formula is C10H15B. The Balaban J connectivity index is 2.52. The Morgan fingerprint density at radius 2 is 1.82 bits per heavy atom. The molecule has 0 unspecified atom stereocenters. The average molecular weight is 146 g/mol. The van der Waals surface area contributed by atoms with Gasteiger partial charge in [0.2, 0.25) is 0 Å². The van der Waals surface area contributed by atoms with Crippen LogP contribution in [0.5, 0.6) is 0 Å². The van der Waals surface area contributed by atoms with Crippen molar-refractivity contribution in [2.24, 2.45) is 0 Å². The molecule has 0 saturated heterocycles. The summed E-state index contributed by atoms with van der Waals surface area (Å²) in [5.41, 5.74) is 2.82. The Morgan fingerprint density at radius 1 is 1.18 bits per heavy atom. The first-order valence-corrected chi connectivity index (χ1v) is 4.38. The van der Waals surface area contributed by atoms with E-state index in [2.05, 4.69) is 38.1 Å². The van der Waals surface area contributed by atoms with Gasteiger partial charge < -0.3 is 0 Å². The van der Waals surface area contributed by atoms with Crippen molar-refractivity contribution in [1.29, 1.82) is 0 Å². The van der Waals surface area contributed by atoms with Gasteiger partial charge in [0.15, 0.2) is 7.28 Å². The second kappa shape index (κ2) is 4.22. The third-order valence-corrected chi connectivity index (χ3v) is 1.94. The van der Waals surface area contributed by atoms with Crippen LogP contribution in [-0.4, -0.2) is 7.28 Å². The van der Waals surface area contributed by atoms with E-state index in [4.69, 9.17) is 0 Å². The van der Waals surface area contributed by atoms with Crippen LogP contribution in [0, 0.1) is 6.92 Å². The van der Waals surface area contributed by atoms with Crippen LogP contribution >= 0.6 is 0 Å². The van der Waals surface area contributed by atoms with Gasteiger partial charge in [0.1, 0.15) is 0 Å². The Morgan fingerprint density at radius 3 is 2.36 bits per heavy atom. The molecule has 0 radical (unpaired) electrons. The van der Waals surface area contributed by atoms with Gasteiger partial charge >= 0.3 is 0 Å². The smallest absolute Gasteiger partial charge is 0.0845 e.